The number of carboxylic acid groups (broad SMARTS) is 1. The Morgan fingerprint density at radius 3 is 2.31 bits per heavy atom. The quantitative estimate of drug-likeness (QED) is 0.705. The number of nitrogens with one attached hydrogen (secondary N) is 1. The predicted molar refractivity (Wildman–Crippen MR) is 67.6 cm³/mol. The van der Waals surface area contributed by atoms with E-state index < -0.39 is 5.97 Å². The summed E-state index contributed by atoms with van der Waals surface area (Å²) in [6, 6.07) is 0.482. The lowest BCUT2D eigenvalue weighted by molar-refractivity contribution is -0.137. The smallest absolute Gasteiger partial charge is 0.304 e. The highest BCUT2D eigenvalue weighted by atomic mass is 16.4. The van der Waals surface area contributed by atoms with Crippen molar-refractivity contribution in [2.75, 3.05) is 0 Å². The Morgan fingerprint density at radius 1 is 1.38 bits per heavy atom. The number of aliphatic carboxylic acids is 1. The zero-order chi connectivity index (χ0) is 12.8. The molecule has 0 spiro atoms. The SMILES string of the molecule is CCCC(C)NC(CC(=O)O)CC(C)(C)C. The molecule has 16 heavy (non-hydrogen) atoms. The van der Waals surface area contributed by atoms with Crippen LogP contribution in [0.3, 0.4) is 0 Å². The van der Waals surface area contributed by atoms with Crippen molar-refractivity contribution in [3.05, 3.63) is 0 Å². The van der Waals surface area contributed by atoms with Gasteiger partial charge in [0.1, 0.15) is 0 Å². The molecule has 3 heteroatoms. The van der Waals surface area contributed by atoms with Gasteiger partial charge in [-0.1, -0.05) is 34.1 Å². The second-order valence-electron chi connectivity index (χ2n) is 5.92. The summed E-state index contributed by atoms with van der Waals surface area (Å²) in [5.41, 5.74) is 0.166. The van der Waals surface area contributed by atoms with Crippen LogP contribution in [0.2, 0.25) is 0 Å². The van der Waals surface area contributed by atoms with Crippen molar-refractivity contribution in [2.24, 2.45) is 5.41 Å². The van der Waals surface area contributed by atoms with Gasteiger partial charge in [-0.15, -0.1) is 0 Å². The Labute approximate surface area is 99.6 Å². The van der Waals surface area contributed by atoms with E-state index in [-0.39, 0.29) is 17.9 Å². The van der Waals surface area contributed by atoms with Gasteiger partial charge in [0, 0.05) is 12.1 Å². The summed E-state index contributed by atoms with van der Waals surface area (Å²) in [7, 11) is 0. The zero-order valence-electron chi connectivity index (χ0n) is 11.3. The summed E-state index contributed by atoms with van der Waals surface area (Å²) in [6.45, 7) is 10.7. The summed E-state index contributed by atoms with van der Waals surface area (Å²) in [4.78, 5) is 10.8. The first kappa shape index (κ1) is 15.4. The fourth-order valence-corrected chi connectivity index (χ4v) is 2.06. The third kappa shape index (κ3) is 8.72. The van der Waals surface area contributed by atoms with Crippen LogP contribution in [-0.2, 0) is 4.79 Å². The highest BCUT2D eigenvalue weighted by Gasteiger charge is 2.22. The van der Waals surface area contributed by atoms with Gasteiger partial charge in [-0.3, -0.25) is 4.79 Å². The maximum absolute atomic E-state index is 10.8. The van der Waals surface area contributed by atoms with E-state index in [0.29, 0.717) is 6.04 Å². The standard InChI is InChI=1S/C13H27NO2/c1-6-7-10(2)14-11(8-12(15)16)9-13(3,4)5/h10-11,14H,6-9H2,1-5H3,(H,15,16). The molecule has 0 aromatic heterocycles. The van der Waals surface area contributed by atoms with Crippen LogP contribution in [0.25, 0.3) is 0 Å². The van der Waals surface area contributed by atoms with Crippen molar-refractivity contribution in [2.45, 2.75) is 72.4 Å². The van der Waals surface area contributed by atoms with Crippen LogP contribution in [-0.4, -0.2) is 23.2 Å². The van der Waals surface area contributed by atoms with E-state index in [1.54, 1.807) is 0 Å². The van der Waals surface area contributed by atoms with E-state index in [1.807, 2.05) is 0 Å². The second-order valence-corrected chi connectivity index (χ2v) is 5.92. The van der Waals surface area contributed by atoms with E-state index in [9.17, 15) is 4.79 Å². The van der Waals surface area contributed by atoms with Crippen molar-refractivity contribution < 1.29 is 9.90 Å². The maximum Gasteiger partial charge on any atom is 0.304 e. The van der Waals surface area contributed by atoms with Gasteiger partial charge >= 0.3 is 5.97 Å². The van der Waals surface area contributed by atoms with Gasteiger partial charge < -0.3 is 10.4 Å². The molecule has 3 nitrogen and oxygen atoms in total. The van der Waals surface area contributed by atoms with Crippen LogP contribution in [0.15, 0.2) is 0 Å². The van der Waals surface area contributed by atoms with Gasteiger partial charge in [-0.05, 0) is 25.2 Å². The van der Waals surface area contributed by atoms with Crippen molar-refractivity contribution in [3.63, 3.8) is 0 Å². The van der Waals surface area contributed by atoms with Gasteiger partial charge in [-0.2, -0.15) is 0 Å². The lowest BCUT2D eigenvalue weighted by Gasteiger charge is -2.28. The molecule has 0 heterocycles. The van der Waals surface area contributed by atoms with Gasteiger partial charge in [0.15, 0.2) is 0 Å². The van der Waals surface area contributed by atoms with E-state index in [1.165, 1.54) is 0 Å². The highest BCUT2D eigenvalue weighted by Crippen LogP contribution is 2.22. The Morgan fingerprint density at radius 2 is 1.94 bits per heavy atom. The number of carboxylic acids is 1. The van der Waals surface area contributed by atoms with Crippen LogP contribution < -0.4 is 5.32 Å². The van der Waals surface area contributed by atoms with Gasteiger partial charge in [0.25, 0.3) is 0 Å². The van der Waals surface area contributed by atoms with Crippen LogP contribution >= 0.6 is 0 Å². The average Bonchev–Trinajstić information content (AvgIpc) is 1.98. The lowest BCUT2D eigenvalue weighted by atomic mass is 9.86. The monoisotopic (exact) mass is 229 g/mol. The van der Waals surface area contributed by atoms with Gasteiger partial charge in [0.2, 0.25) is 0 Å². The first-order chi connectivity index (χ1) is 7.24. The van der Waals surface area contributed by atoms with Crippen LogP contribution in [0.5, 0.6) is 0 Å². The van der Waals surface area contributed by atoms with E-state index >= 15 is 0 Å². The normalized spacial score (nSPS) is 15.8. The van der Waals surface area contributed by atoms with Crippen molar-refractivity contribution in [1.82, 2.24) is 5.32 Å². The minimum atomic E-state index is -0.717. The molecule has 96 valence electrons. The molecule has 0 aromatic carbocycles. The zero-order valence-corrected chi connectivity index (χ0v) is 11.3. The Hall–Kier alpha value is -0.570. The topological polar surface area (TPSA) is 49.3 Å². The average molecular weight is 229 g/mol. The molecule has 2 atom stereocenters. The minimum Gasteiger partial charge on any atom is -0.481 e. The third-order valence-corrected chi connectivity index (χ3v) is 2.52. The molecule has 0 saturated heterocycles. The molecule has 0 aromatic rings. The molecule has 0 aliphatic rings. The molecule has 0 bridgehead atoms. The maximum atomic E-state index is 10.8. The molecular weight excluding hydrogens is 202 g/mol. The fourth-order valence-electron chi connectivity index (χ4n) is 2.06. The Kier molecular flexibility index (Phi) is 6.65. The first-order valence-electron chi connectivity index (χ1n) is 6.22. The molecule has 2 N–H and O–H groups in total. The molecule has 0 amide bonds. The van der Waals surface area contributed by atoms with Gasteiger partial charge in [-0.25, -0.2) is 0 Å². The van der Waals surface area contributed by atoms with Crippen molar-refractivity contribution in [1.29, 1.82) is 0 Å². The highest BCUT2D eigenvalue weighted by molar-refractivity contribution is 5.67. The summed E-state index contributed by atoms with van der Waals surface area (Å²) >= 11 is 0. The largest absolute Gasteiger partial charge is 0.481 e. The third-order valence-electron chi connectivity index (χ3n) is 2.52. The Balaban J connectivity index is 4.25. The molecule has 0 saturated carbocycles. The van der Waals surface area contributed by atoms with E-state index in [0.717, 1.165) is 19.3 Å². The molecule has 0 radical (unpaired) electrons. The van der Waals surface area contributed by atoms with Gasteiger partial charge in [0.05, 0.1) is 6.42 Å². The van der Waals surface area contributed by atoms with E-state index in [4.69, 9.17) is 5.11 Å². The summed E-state index contributed by atoms with van der Waals surface area (Å²) in [5.74, 6) is -0.717. The Bertz CT molecular complexity index is 208. The molecule has 0 rings (SSSR count). The van der Waals surface area contributed by atoms with Crippen LogP contribution in [0.4, 0.5) is 0 Å². The number of hydrogen-bond donors (Lipinski definition) is 2. The predicted octanol–water partition coefficient (Wildman–Crippen LogP) is 3.04. The minimum absolute atomic E-state index is 0.0825. The van der Waals surface area contributed by atoms with Crippen LogP contribution in [0.1, 0.15) is 60.3 Å². The number of hydrogen-bond acceptors (Lipinski definition) is 2. The number of carbonyl (C=O) groups is 1. The first-order valence-corrected chi connectivity index (χ1v) is 6.22. The lowest BCUT2D eigenvalue weighted by Crippen LogP contribution is -2.40. The molecule has 0 fully saturated rings. The second kappa shape index (κ2) is 6.89. The van der Waals surface area contributed by atoms with Crippen molar-refractivity contribution >= 4 is 5.97 Å². The summed E-state index contributed by atoms with van der Waals surface area (Å²) in [6.07, 6.45) is 3.34. The molecule has 0 aliphatic heterocycles. The molecular formula is C13H27NO2. The number of rotatable bonds is 7. The summed E-state index contributed by atoms with van der Waals surface area (Å²) < 4.78 is 0. The van der Waals surface area contributed by atoms with Crippen LogP contribution in [0, 0.1) is 5.41 Å². The van der Waals surface area contributed by atoms with E-state index in [2.05, 4.69) is 39.9 Å². The van der Waals surface area contributed by atoms with Crippen molar-refractivity contribution in [3.8, 4) is 0 Å². The molecule has 0 aliphatic carbocycles. The fraction of sp³-hybridized carbons (Fsp3) is 0.923. The summed E-state index contributed by atoms with van der Waals surface area (Å²) in [5, 5.41) is 12.3. The molecule has 2 unspecified atom stereocenters.